The van der Waals surface area contributed by atoms with Gasteiger partial charge in [0.05, 0.1) is 7.11 Å². The molecule has 4 nitrogen and oxygen atoms in total. The molecule has 0 aliphatic heterocycles. The summed E-state index contributed by atoms with van der Waals surface area (Å²) in [5.74, 6) is 1.52. The number of hydrogen-bond donors (Lipinski definition) is 2. The molecule has 0 amide bonds. The van der Waals surface area contributed by atoms with Crippen molar-refractivity contribution in [2.75, 3.05) is 20.3 Å². The number of hydrogen-bond acceptors (Lipinski definition) is 4. The molecule has 1 atom stereocenters. The first-order valence-corrected chi connectivity index (χ1v) is 5.80. The summed E-state index contributed by atoms with van der Waals surface area (Å²) in [6.45, 7) is 4.90. The number of methoxy groups -OCH3 is 1. The summed E-state index contributed by atoms with van der Waals surface area (Å²) in [6, 6.07) is 7.66. The number of rotatable bonds is 7. The summed E-state index contributed by atoms with van der Waals surface area (Å²) in [5, 5.41) is 12.8. The van der Waals surface area contributed by atoms with E-state index in [2.05, 4.69) is 5.32 Å². The lowest BCUT2D eigenvalue weighted by Gasteiger charge is -2.15. The standard InChI is InChI=1S/C13H21NO3/c1-10(2)14-8-11(15)9-17-13-6-4-12(16-3)5-7-13/h4-7,10-11,14-15H,8-9H2,1-3H3/t11-/m0/s1. The maximum absolute atomic E-state index is 9.65. The van der Waals surface area contributed by atoms with E-state index in [4.69, 9.17) is 9.47 Å². The second kappa shape index (κ2) is 7.14. The van der Waals surface area contributed by atoms with Crippen LogP contribution in [0.25, 0.3) is 0 Å². The van der Waals surface area contributed by atoms with Crippen molar-refractivity contribution in [1.29, 1.82) is 0 Å². The van der Waals surface area contributed by atoms with Gasteiger partial charge in [-0.25, -0.2) is 0 Å². The molecule has 96 valence electrons. The second-order valence-corrected chi connectivity index (χ2v) is 4.20. The normalized spacial score (nSPS) is 12.5. The van der Waals surface area contributed by atoms with Gasteiger partial charge in [-0.15, -0.1) is 0 Å². The van der Waals surface area contributed by atoms with E-state index >= 15 is 0 Å². The van der Waals surface area contributed by atoms with E-state index < -0.39 is 6.10 Å². The Kier molecular flexibility index (Phi) is 5.80. The Morgan fingerprint density at radius 3 is 2.29 bits per heavy atom. The van der Waals surface area contributed by atoms with Crippen LogP contribution in [-0.2, 0) is 0 Å². The Balaban J connectivity index is 2.29. The highest BCUT2D eigenvalue weighted by molar-refractivity contribution is 5.31. The van der Waals surface area contributed by atoms with Crippen LogP contribution in [0.2, 0.25) is 0 Å². The van der Waals surface area contributed by atoms with Crippen LogP contribution in [0.4, 0.5) is 0 Å². The van der Waals surface area contributed by atoms with Gasteiger partial charge in [0.15, 0.2) is 0 Å². The molecule has 0 spiro atoms. The molecule has 2 N–H and O–H groups in total. The molecule has 0 saturated heterocycles. The first kappa shape index (κ1) is 13.8. The summed E-state index contributed by atoms with van der Waals surface area (Å²) in [7, 11) is 1.62. The number of nitrogens with one attached hydrogen (secondary N) is 1. The summed E-state index contributed by atoms with van der Waals surface area (Å²) in [4.78, 5) is 0. The van der Waals surface area contributed by atoms with E-state index in [0.29, 0.717) is 12.6 Å². The number of ether oxygens (including phenoxy) is 2. The molecule has 17 heavy (non-hydrogen) atoms. The van der Waals surface area contributed by atoms with E-state index in [1.807, 2.05) is 38.1 Å². The van der Waals surface area contributed by atoms with Crippen LogP contribution in [-0.4, -0.2) is 37.5 Å². The second-order valence-electron chi connectivity index (χ2n) is 4.20. The van der Waals surface area contributed by atoms with Crippen LogP contribution in [0, 0.1) is 0 Å². The van der Waals surface area contributed by atoms with E-state index in [1.165, 1.54) is 0 Å². The highest BCUT2D eigenvalue weighted by atomic mass is 16.5. The maximum atomic E-state index is 9.65. The molecule has 0 heterocycles. The lowest BCUT2D eigenvalue weighted by Crippen LogP contribution is -2.35. The molecule has 0 aliphatic rings. The summed E-state index contributed by atoms with van der Waals surface area (Å²) in [5.41, 5.74) is 0. The zero-order valence-electron chi connectivity index (χ0n) is 10.6. The van der Waals surface area contributed by atoms with Crippen molar-refractivity contribution < 1.29 is 14.6 Å². The van der Waals surface area contributed by atoms with Crippen molar-refractivity contribution in [3.05, 3.63) is 24.3 Å². The van der Waals surface area contributed by atoms with Gasteiger partial charge >= 0.3 is 0 Å². The minimum absolute atomic E-state index is 0.284. The molecule has 0 aromatic heterocycles. The minimum atomic E-state index is -0.500. The Labute approximate surface area is 103 Å². The summed E-state index contributed by atoms with van der Waals surface area (Å²) < 4.78 is 10.5. The quantitative estimate of drug-likeness (QED) is 0.756. The third-order valence-corrected chi connectivity index (χ3v) is 2.26. The molecule has 1 aromatic carbocycles. The van der Waals surface area contributed by atoms with Crippen LogP contribution in [0.3, 0.4) is 0 Å². The summed E-state index contributed by atoms with van der Waals surface area (Å²) >= 11 is 0. The molecule has 4 heteroatoms. The van der Waals surface area contributed by atoms with Crippen LogP contribution >= 0.6 is 0 Å². The van der Waals surface area contributed by atoms with Gasteiger partial charge in [-0.2, -0.15) is 0 Å². The maximum Gasteiger partial charge on any atom is 0.119 e. The number of aliphatic hydroxyl groups is 1. The zero-order valence-corrected chi connectivity index (χ0v) is 10.6. The van der Waals surface area contributed by atoms with Crippen molar-refractivity contribution in [2.24, 2.45) is 0 Å². The highest BCUT2D eigenvalue weighted by Crippen LogP contribution is 2.16. The number of aliphatic hydroxyl groups excluding tert-OH is 1. The van der Waals surface area contributed by atoms with Crippen molar-refractivity contribution >= 4 is 0 Å². The van der Waals surface area contributed by atoms with Crippen LogP contribution in [0.15, 0.2) is 24.3 Å². The zero-order chi connectivity index (χ0) is 12.7. The highest BCUT2D eigenvalue weighted by Gasteiger charge is 2.05. The van der Waals surface area contributed by atoms with Gasteiger partial charge in [0.2, 0.25) is 0 Å². The topological polar surface area (TPSA) is 50.7 Å². The predicted octanol–water partition coefficient (Wildman–Crippen LogP) is 1.43. The molecule has 0 unspecified atom stereocenters. The van der Waals surface area contributed by atoms with Crippen molar-refractivity contribution in [3.63, 3.8) is 0 Å². The lowest BCUT2D eigenvalue weighted by molar-refractivity contribution is 0.104. The molecule has 1 aromatic rings. The van der Waals surface area contributed by atoms with Gasteiger partial charge in [0, 0.05) is 12.6 Å². The fraction of sp³-hybridized carbons (Fsp3) is 0.538. The van der Waals surface area contributed by atoms with Crippen LogP contribution in [0.1, 0.15) is 13.8 Å². The van der Waals surface area contributed by atoms with Gasteiger partial charge in [0.25, 0.3) is 0 Å². The van der Waals surface area contributed by atoms with Crippen LogP contribution < -0.4 is 14.8 Å². The van der Waals surface area contributed by atoms with Gasteiger partial charge in [-0.3, -0.25) is 0 Å². The average Bonchev–Trinajstić information content (AvgIpc) is 2.34. The molecule has 0 fully saturated rings. The van der Waals surface area contributed by atoms with E-state index in [0.717, 1.165) is 11.5 Å². The Bertz CT molecular complexity index is 311. The fourth-order valence-electron chi connectivity index (χ4n) is 1.30. The Morgan fingerprint density at radius 2 is 1.76 bits per heavy atom. The molecular weight excluding hydrogens is 218 g/mol. The Hall–Kier alpha value is -1.26. The van der Waals surface area contributed by atoms with E-state index in [1.54, 1.807) is 7.11 Å². The van der Waals surface area contributed by atoms with Gasteiger partial charge in [0.1, 0.15) is 24.2 Å². The molecule has 0 radical (unpaired) electrons. The van der Waals surface area contributed by atoms with Crippen molar-refractivity contribution in [1.82, 2.24) is 5.32 Å². The molecular formula is C13H21NO3. The lowest BCUT2D eigenvalue weighted by atomic mass is 10.3. The van der Waals surface area contributed by atoms with Crippen molar-refractivity contribution in [3.8, 4) is 11.5 Å². The average molecular weight is 239 g/mol. The van der Waals surface area contributed by atoms with Gasteiger partial charge < -0.3 is 19.9 Å². The van der Waals surface area contributed by atoms with E-state index in [9.17, 15) is 5.11 Å². The Morgan fingerprint density at radius 1 is 1.18 bits per heavy atom. The summed E-state index contributed by atoms with van der Waals surface area (Å²) in [6.07, 6.45) is -0.500. The van der Waals surface area contributed by atoms with Gasteiger partial charge in [-0.05, 0) is 24.3 Å². The van der Waals surface area contributed by atoms with Crippen molar-refractivity contribution in [2.45, 2.75) is 26.0 Å². The minimum Gasteiger partial charge on any atom is -0.497 e. The van der Waals surface area contributed by atoms with E-state index in [-0.39, 0.29) is 6.61 Å². The third kappa shape index (κ3) is 5.56. The van der Waals surface area contributed by atoms with Gasteiger partial charge in [-0.1, -0.05) is 13.8 Å². The van der Waals surface area contributed by atoms with Crippen LogP contribution in [0.5, 0.6) is 11.5 Å². The predicted molar refractivity (Wildman–Crippen MR) is 67.6 cm³/mol. The first-order chi connectivity index (χ1) is 8.11. The largest absolute Gasteiger partial charge is 0.497 e. The molecule has 1 rings (SSSR count). The third-order valence-electron chi connectivity index (χ3n) is 2.26. The molecule has 0 aliphatic carbocycles. The SMILES string of the molecule is COc1ccc(OC[C@@H](O)CNC(C)C)cc1. The smallest absolute Gasteiger partial charge is 0.119 e. The number of benzene rings is 1. The molecule has 0 bridgehead atoms. The monoisotopic (exact) mass is 239 g/mol. The molecule has 0 saturated carbocycles. The first-order valence-electron chi connectivity index (χ1n) is 5.80. The fourth-order valence-corrected chi connectivity index (χ4v) is 1.30.